The van der Waals surface area contributed by atoms with Gasteiger partial charge in [0.15, 0.2) is 0 Å². The second kappa shape index (κ2) is 5.67. The van der Waals surface area contributed by atoms with Gasteiger partial charge in [-0.15, -0.1) is 0 Å². The van der Waals surface area contributed by atoms with Crippen LogP contribution in [-0.2, 0) is 9.53 Å². The number of carbonyl (C=O) groups is 1. The second-order valence-corrected chi connectivity index (χ2v) is 4.51. The van der Waals surface area contributed by atoms with Crippen molar-refractivity contribution >= 4 is 5.97 Å². The number of carbonyl (C=O) groups excluding carboxylic acids is 1. The Balaban J connectivity index is 0.00000112. The Morgan fingerprint density at radius 2 is 2.07 bits per heavy atom. The van der Waals surface area contributed by atoms with E-state index in [1.54, 1.807) is 0 Å². The molecule has 4 heteroatoms. The first kappa shape index (κ1) is 13.5. The van der Waals surface area contributed by atoms with E-state index in [1.165, 1.54) is 0 Å². The number of carboxylic acids is 1. The zero-order valence-corrected chi connectivity index (χ0v) is 11.6. The van der Waals surface area contributed by atoms with Crippen LogP contribution in [0.2, 0.25) is 0 Å². The van der Waals surface area contributed by atoms with E-state index in [1.807, 2.05) is 6.92 Å². The SMILES string of the molecule is CCCOC1C2CCC(C2)C1C(=O)[O-].[Na+]. The monoisotopic (exact) mass is 220 g/mol. The summed E-state index contributed by atoms with van der Waals surface area (Å²) < 4.78 is 5.64. The minimum atomic E-state index is -0.904. The Morgan fingerprint density at radius 1 is 1.40 bits per heavy atom. The molecular formula is C11H17NaO3. The van der Waals surface area contributed by atoms with Crippen molar-refractivity contribution in [2.75, 3.05) is 6.61 Å². The molecule has 4 unspecified atom stereocenters. The van der Waals surface area contributed by atoms with Crippen LogP contribution in [0.4, 0.5) is 0 Å². The molecular weight excluding hydrogens is 203 g/mol. The average molecular weight is 220 g/mol. The summed E-state index contributed by atoms with van der Waals surface area (Å²) in [6, 6.07) is 0. The van der Waals surface area contributed by atoms with Gasteiger partial charge in [0.05, 0.1) is 6.10 Å². The molecule has 2 saturated carbocycles. The van der Waals surface area contributed by atoms with E-state index in [0.717, 1.165) is 25.7 Å². The smallest absolute Gasteiger partial charge is 0.550 e. The first-order chi connectivity index (χ1) is 6.74. The Morgan fingerprint density at radius 3 is 2.67 bits per heavy atom. The van der Waals surface area contributed by atoms with Gasteiger partial charge in [-0.2, -0.15) is 0 Å². The molecule has 0 aliphatic heterocycles. The predicted octanol–water partition coefficient (Wildman–Crippen LogP) is -2.42. The van der Waals surface area contributed by atoms with Crippen molar-refractivity contribution in [2.24, 2.45) is 17.8 Å². The minimum Gasteiger partial charge on any atom is -0.550 e. The fraction of sp³-hybridized carbons (Fsp3) is 0.909. The van der Waals surface area contributed by atoms with Gasteiger partial charge in [0.1, 0.15) is 0 Å². The summed E-state index contributed by atoms with van der Waals surface area (Å²) in [7, 11) is 0. The third-order valence-corrected chi connectivity index (χ3v) is 3.63. The maximum Gasteiger partial charge on any atom is 1.00 e. The molecule has 0 amide bonds. The second-order valence-electron chi connectivity index (χ2n) is 4.51. The van der Waals surface area contributed by atoms with Gasteiger partial charge in [0, 0.05) is 18.5 Å². The van der Waals surface area contributed by atoms with Crippen LogP contribution in [0.1, 0.15) is 32.6 Å². The van der Waals surface area contributed by atoms with Crippen molar-refractivity contribution in [3.63, 3.8) is 0 Å². The number of rotatable bonds is 4. The topological polar surface area (TPSA) is 49.4 Å². The molecule has 0 radical (unpaired) electrons. The van der Waals surface area contributed by atoms with Gasteiger partial charge in [-0.05, 0) is 37.5 Å². The molecule has 0 aromatic heterocycles. The van der Waals surface area contributed by atoms with Crippen LogP contribution in [0.3, 0.4) is 0 Å². The quantitative estimate of drug-likeness (QED) is 0.496. The summed E-state index contributed by atoms with van der Waals surface area (Å²) in [5.74, 6) is -0.431. The number of aliphatic carboxylic acids is 1. The van der Waals surface area contributed by atoms with Crippen LogP contribution in [0.5, 0.6) is 0 Å². The van der Waals surface area contributed by atoms with E-state index in [2.05, 4.69) is 0 Å². The Hall–Kier alpha value is 0.430. The molecule has 2 rings (SSSR count). The summed E-state index contributed by atoms with van der Waals surface area (Å²) in [4.78, 5) is 11.0. The maximum atomic E-state index is 11.0. The van der Waals surface area contributed by atoms with Crippen LogP contribution in [-0.4, -0.2) is 18.7 Å². The average Bonchev–Trinajstić information content (AvgIpc) is 2.72. The fourth-order valence-electron chi connectivity index (χ4n) is 3.06. The molecule has 2 aliphatic rings. The van der Waals surface area contributed by atoms with E-state index >= 15 is 0 Å². The van der Waals surface area contributed by atoms with Gasteiger partial charge in [-0.1, -0.05) is 6.92 Å². The fourth-order valence-corrected chi connectivity index (χ4v) is 3.06. The van der Waals surface area contributed by atoms with Crippen LogP contribution < -0.4 is 34.7 Å². The first-order valence-electron chi connectivity index (χ1n) is 5.56. The third kappa shape index (κ3) is 2.57. The Labute approximate surface area is 113 Å². The van der Waals surface area contributed by atoms with Crippen molar-refractivity contribution in [1.82, 2.24) is 0 Å². The zero-order valence-electron chi connectivity index (χ0n) is 9.57. The van der Waals surface area contributed by atoms with E-state index < -0.39 is 5.97 Å². The van der Waals surface area contributed by atoms with Crippen LogP contribution in [0.15, 0.2) is 0 Å². The molecule has 4 atom stereocenters. The van der Waals surface area contributed by atoms with Crippen molar-refractivity contribution < 1.29 is 44.2 Å². The summed E-state index contributed by atoms with van der Waals surface area (Å²) in [6.07, 6.45) is 4.12. The molecule has 2 aliphatic carbocycles. The zero-order chi connectivity index (χ0) is 10.1. The number of hydrogen-bond acceptors (Lipinski definition) is 3. The molecule has 2 bridgehead atoms. The molecule has 2 fully saturated rings. The van der Waals surface area contributed by atoms with Gasteiger partial charge >= 0.3 is 29.6 Å². The minimum absolute atomic E-state index is 0. The van der Waals surface area contributed by atoms with Gasteiger partial charge < -0.3 is 14.6 Å². The van der Waals surface area contributed by atoms with Gasteiger partial charge in [-0.3, -0.25) is 0 Å². The Bertz CT molecular complexity index is 232. The molecule has 0 saturated heterocycles. The molecule has 15 heavy (non-hydrogen) atoms. The summed E-state index contributed by atoms with van der Waals surface area (Å²) in [5.41, 5.74) is 0. The number of fused-ring (bicyclic) bond motifs is 2. The molecule has 0 aromatic carbocycles. The maximum absolute atomic E-state index is 11.0. The molecule has 3 nitrogen and oxygen atoms in total. The predicted molar refractivity (Wildman–Crippen MR) is 49.4 cm³/mol. The van der Waals surface area contributed by atoms with E-state index in [4.69, 9.17) is 4.74 Å². The van der Waals surface area contributed by atoms with E-state index in [0.29, 0.717) is 18.4 Å². The van der Waals surface area contributed by atoms with Crippen molar-refractivity contribution in [2.45, 2.75) is 38.7 Å². The Kier molecular flexibility index (Phi) is 5.10. The van der Waals surface area contributed by atoms with Crippen LogP contribution >= 0.6 is 0 Å². The van der Waals surface area contributed by atoms with Gasteiger partial charge in [-0.25, -0.2) is 0 Å². The molecule has 0 N–H and O–H groups in total. The summed E-state index contributed by atoms with van der Waals surface area (Å²) >= 11 is 0. The van der Waals surface area contributed by atoms with Crippen LogP contribution in [0.25, 0.3) is 0 Å². The number of hydrogen-bond donors (Lipinski definition) is 0. The number of carboxylic acid groups (broad SMARTS) is 1. The first-order valence-corrected chi connectivity index (χ1v) is 5.56. The largest absolute Gasteiger partial charge is 1.00 e. The number of ether oxygens (including phenoxy) is 1. The van der Waals surface area contributed by atoms with Gasteiger partial charge in [0.2, 0.25) is 0 Å². The normalized spacial score (nSPS) is 37.7. The molecule has 0 heterocycles. The standard InChI is InChI=1S/C11H18O3.Na/c1-2-5-14-10-8-4-3-7(6-8)9(10)11(12)13;/h7-10H,2-6H2,1H3,(H,12,13);/q;+1/p-1. The van der Waals surface area contributed by atoms with Gasteiger partial charge in [0.25, 0.3) is 0 Å². The summed E-state index contributed by atoms with van der Waals surface area (Å²) in [6.45, 7) is 2.72. The van der Waals surface area contributed by atoms with E-state index in [-0.39, 0.29) is 41.6 Å². The third-order valence-electron chi connectivity index (χ3n) is 3.63. The molecule has 80 valence electrons. The van der Waals surface area contributed by atoms with Crippen molar-refractivity contribution in [3.8, 4) is 0 Å². The van der Waals surface area contributed by atoms with Crippen molar-refractivity contribution in [1.29, 1.82) is 0 Å². The molecule has 0 aromatic rings. The van der Waals surface area contributed by atoms with Crippen molar-refractivity contribution in [3.05, 3.63) is 0 Å². The van der Waals surface area contributed by atoms with E-state index in [9.17, 15) is 9.90 Å². The summed E-state index contributed by atoms with van der Waals surface area (Å²) in [5, 5.41) is 11.0. The van der Waals surface area contributed by atoms with Crippen LogP contribution in [0, 0.1) is 17.8 Å². The molecule has 0 spiro atoms.